The van der Waals surface area contributed by atoms with Gasteiger partial charge in [0.1, 0.15) is 0 Å². The van der Waals surface area contributed by atoms with Gasteiger partial charge in [-0.25, -0.2) is 0 Å². The van der Waals surface area contributed by atoms with Gasteiger partial charge in [0.25, 0.3) is 0 Å². The van der Waals surface area contributed by atoms with Crippen molar-refractivity contribution in [2.75, 3.05) is 0 Å². The summed E-state index contributed by atoms with van der Waals surface area (Å²) in [5.74, 6) is 0. The topological polar surface area (TPSA) is 201 Å². The molecular formula is Al5CaEuO10. The van der Waals surface area contributed by atoms with Crippen LogP contribution >= 0.6 is 0 Å². The summed E-state index contributed by atoms with van der Waals surface area (Å²) in [5, 5.41) is 0. The molecule has 0 radical (unpaired) electrons. The molecule has 0 aliphatic heterocycles. The Labute approximate surface area is 199 Å². The predicted molar refractivity (Wildman–Crippen MR) is 38.0 cm³/mol. The molecule has 17 heteroatoms. The van der Waals surface area contributed by atoms with E-state index in [1.807, 2.05) is 0 Å². The minimum absolute atomic E-state index is 0. The standard InChI is InChI=1S/5Al.Ca.Eu.10O/q;;;;;+2;+3;;;;;;5*-1. The van der Waals surface area contributed by atoms with Crippen molar-refractivity contribution >= 4 is 115 Å². The van der Waals surface area contributed by atoms with Gasteiger partial charge in [-0.3, -0.25) is 0 Å². The molecule has 0 atom stereocenters. The van der Waals surface area contributed by atoms with Gasteiger partial charge < -0.3 is 0 Å². The fourth-order valence-corrected chi connectivity index (χ4v) is 0. The summed E-state index contributed by atoms with van der Waals surface area (Å²) in [7, 11) is 0. The first kappa shape index (κ1) is 42.8. The van der Waals surface area contributed by atoms with Crippen LogP contribution in [-0.2, 0) is 19.0 Å². The van der Waals surface area contributed by atoms with Gasteiger partial charge in [-0.15, -0.1) is 0 Å². The van der Waals surface area contributed by atoms with E-state index >= 15 is 0 Å². The Morgan fingerprint density at radius 1 is 0.471 bits per heavy atom. The monoisotopic (exact) mass is 488 g/mol. The van der Waals surface area contributed by atoms with Crippen LogP contribution in [0.25, 0.3) is 0 Å². The zero-order valence-electron chi connectivity index (χ0n) is 8.05. The summed E-state index contributed by atoms with van der Waals surface area (Å²) in [6.45, 7) is 0. The molecule has 0 fully saturated rings. The molecule has 0 spiro atoms. The molecule has 0 amide bonds. The van der Waals surface area contributed by atoms with Crippen molar-refractivity contribution in [3.63, 3.8) is 0 Å². The maximum absolute atomic E-state index is 8.46. The zero-order chi connectivity index (χ0) is 13.5. The molecule has 0 heterocycles. The minimum atomic E-state index is -1.75. The van der Waals surface area contributed by atoms with Gasteiger partial charge in [0.2, 0.25) is 0 Å². The summed E-state index contributed by atoms with van der Waals surface area (Å²) < 4.78 is 84.6. The van der Waals surface area contributed by atoms with Crippen molar-refractivity contribution in [2.24, 2.45) is 0 Å². The van der Waals surface area contributed by atoms with E-state index in [2.05, 4.69) is 0 Å². The molecule has 0 unspecified atom stereocenters. The van der Waals surface area contributed by atoms with Crippen LogP contribution < -0.4 is 20.8 Å². The second-order valence-electron chi connectivity index (χ2n) is 0.481. The van der Waals surface area contributed by atoms with Crippen molar-refractivity contribution in [3.05, 3.63) is 0 Å². The first-order valence-electron chi connectivity index (χ1n) is 2.36. The van der Waals surface area contributed by atoms with Crippen LogP contribution in [0.4, 0.5) is 0 Å². The van der Waals surface area contributed by atoms with Gasteiger partial charge in [-0.05, 0) is 0 Å². The Balaban J connectivity index is -0.0000000143. The van der Waals surface area contributed by atoms with Gasteiger partial charge in [0.15, 0.2) is 0 Å². The Kier molecular flexibility index (Phi) is 232. The Morgan fingerprint density at radius 2 is 0.471 bits per heavy atom. The van der Waals surface area contributed by atoms with Gasteiger partial charge in [0, 0.05) is 0 Å². The third kappa shape index (κ3) is 486. The average molecular weight is 487 g/mol. The van der Waals surface area contributed by atoms with Crippen molar-refractivity contribution < 1.29 is 89.2 Å². The Hall–Kier alpha value is 3.51. The second-order valence-corrected chi connectivity index (χ2v) is 1.44. The third-order valence-corrected chi connectivity index (χ3v) is 0. The first-order chi connectivity index (χ1) is 7.07. The molecule has 0 N–H and O–H groups in total. The Morgan fingerprint density at radius 3 is 0.471 bits per heavy atom. The van der Waals surface area contributed by atoms with E-state index in [1.165, 1.54) is 0 Å². The van der Waals surface area contributed by atoms with E-state index in [1.54, 1.807) is 0 Å². The van der Waals surface area contributed by atoms with E-state index in [4.69, 9.17) is 39.8 Å². The van der Waals surface area contributed by atoms with Crippen LogP contribution in [-0.4, -0.2) is 115 Å². The molecule has 0 saturated heterocycles. The fraction of sp³-hybridized carbons (Fsp3) is 0. The quantitative estimate of drug-likeness (QED) is 0.296. The molecule has 0 aliphatic rings. The number of hydrogen-bond donors (Lipinski definition) is 0. The molecule has 0 bridgehead atoms. The van der Waals surface area contributed by atoms with Gasteiger partial charge in [0.05, 0.1) is 0 Å². The first-order valence-corrected chi connectivity index (χ1v) is 7.07. The third-order valence-electron chi connectivity index (χ3n) is 0. The van der Waals surface area contributed by atoms with Crippen LogP contribution in [0.3, 0.4) is 0 Å². The van der Waals surface area contributed by atoms with Gasteiger partial charge in [-0.1, -0.05) is 0 Å². The number of hydrogen-bond acceptors (Lipinski definition) is 10. The molecule has 0 aromatic carbocycles. The summed E-state index contributed by atoms with van der Waals surface area (Å²) in [6.07, 6.45) is 0. The van der Waals surface area contributed by atoms with Crippen LogP contribution in [0.15, 0.2) is 0 Å². The average Bonchev–Trinajstić information content (AvgIpc) is 2.09. The second kappa shape index (κ2) is 92.3. The van der Waals surface area contributed by atoms with Crippen molar-refractivity contribution in [2.45, 2.75) is 0 Å². The molecule has 0 aromatic heterocycles. The van der Waals surface area contributed by atoms with Crippen molar-refractivity contribution in [1.29, 1.82) is 0 Å². The zero-order valence-corrected chi connectivity index (χ0v) is 18.5. The predicted octanol–water partition coefficient (Wildman–Crippen LogP) is -8.82. The van der Waals surface area contributed by atoms with Crippen LogP contribution in [0.2, 0.25) is 0 Å². The van der Waals surface area contributed by atoms with Crippen LogP contribution in [0, 0.1) is 49.4 Å². The molecular weight excluding hydrogens is 487 g/mol. The fourth-order valence-electron chi connectivity index (χ4n) is 0. The molecule has 84 valence electrons. The molecule has 10 nitrogen and oxygen atoms in total. The van der Waals surface area contributed by atoms with Crippen LogP contribution in [0.1, 0.15) is 0 Å². The molecule has 0 aromatic rings. The molecule has 0 aliphatic carbocycles. The number of rotatable bonds is 0. The summed E-state index contributed by atoms with van der Waals surface area (Å²) in [6, 6.07) is 0. The SMILES string of the molecule is [Ca+2].[Eu+3].[O]=[Al][O-].[O]=[Al][O-].[O]=[Al][O-].[O]=[Al][O-].[O]=[Al][O-]. The van der Waals surface area contributed by atoms with Crippen molar-refractivity contribution in [1.82, 2.24) is 0 Å². The summed E-state index contributed by atoms with van der Waals surface area (Å²) in [5.41, 5.74) is 0. The molecule has 0 rings (SSSR count). The van der Waals surface area contributed by atoms with E-state index in [0.29, 0.717) is 0 Å². The molecule has 0 saturated carbocycles. The van der Waals surface area contributed by atoms with Gasteiger partial charge in [-0.2, -0.15) is 0 Å². The normalized spacial score (nSPS) is 2.35. The van der Waals surface area contributed by atoms with E-state index in [9.17, 15) is 0 Å². The van der Waals surface area contributed by atoms with Crippen LogP contribution in [0.5, 0.6) is 0 Å². The summed E-state index contributed by atoms with van der Waals surface area (Å²) in [4.78, 5) is 0. The van der Waals surface area contributed by atoms with E-state index < -0.39 is 77.4 Å². The van der Waals surface area contributed by atoms with Crippen molar-refractivity contribution in [3.8, 4) is 0 Å². The van der Waals surface area contributed by atoms with Gasteiger partial charge >= 0.3 is 204 Å². The maximum atomic E-state index is 8.46. The van der Waals surface area contributed by atoms with E-state index in [0.717, 1.165) is 0 Å². The Bertz CT molecular complexity index is 97.0. The molecule has 17 heavy (non-hydrogen) atoms. The summed E-state index contributed by atoms with van der Waals surface area (Å²) >= 11 is -8.75. The van der Waals surface area contributed by atoms with E-state index in [-0.39, 0.29) is 87.1 Å².